The van der Waals surface area contributed by atoms with Gasteiger partial charge in [-0.25, -0.2) is 9.97 Å². The number of nitrogens with zero attached hydrogens (tertiary/aromatic N) is 6. The summed E-state index contributed by atoms with van der Waals surface area (Å²) in [6, 6.07) is 7.12. The molecular weight excluding hydrogens is 410 g/mol. The second kappa shape index (κ2) is 8.26. The van der Waals surface area contributed by atoms with E-state index < -0.39 is 5.92 Å². The van der Waals surface area contributed by atoms with Crippen molar-refractivity contribution >= 4 is 35.4 Å². The molecule has 5 heterocycles. The molecule has 1 N–H and O–H groups in total. The molecule has 4 bridgehead atoms. The predicted octanol–water partition coefficient (Wildman–Crippen LogP) is 1.61. The number of hydrogen-bond donors (Lipinski definition) is 1. The van der Waals surface area contributed by atoms with E-state index in [0.29, 0.717) is 79.8 Å². The monoisotopic (exact) mass is 431 g/mol. The van der Waals surface area contributed by atoms with Gasteiger partial charge >= 0.3 is 0 Å². The molecule has 2 amide bonds. The summed E-state index contributed by atoms with van der Waals surface area (Å²) in [6.45, 7) is 2.73. The van der Waals surface area contributed by atoms with Crippen molar-refractivity contribution in [2.24, 2.45) is 4.99 Å². The van der Waals surface area contributed by atoms with Crippen LogP contribution in [0.25, 0.3) is 0 Å². The highest BCUT2D eigenvalue weighted by molar-refractivity contribution is 6.13. The second-order valence-corrected chi connectivity index (χ2v) is 7.82. The van der Waals surface area contributed by atoms with E-state index in [9.17, 15) is 14.9 Å². The summed E-state index contributed by atoms with van der Waals surface area (Å²) in [4.78, 5) is 42.5. The molecule has 0 radical (unpaired) electrons. The highest BCUT2D eigenvalue weighted by Crippen LogP contribution is 2.37. The third kappa shape index (κ3) is 3.62. The van der Waals surface area contributed by atoms with E-state index in [1.165, 1.54) is 6.33 Å². The number of carbonyl (C=O) groups excluding carboxylic acids is 2. The number of rotatable bonds is 0. The molecule has 4 aliphatic heterocycles. The first-order chi connectivity index (χ1) is 15.6. The normalized spacial score (nSPS) is 20.3. The minimum absolute atomic E-state index is 0.0813. The molecule has 0 saturated carbocycles. The van der Waals surface area contributed by atoms with Crippen LogP contribution in [0.3, 0.4) is 0 Å². The van der Waals surface area contributed by atoms with Crippen LogP contribution in [-0.4, -0.2) is 65.7 Å². The highest BCUT2D eigenvalue weighted by Gasteiger charge is 2.36. The number of aliphatic imine (C=N–C) groups is 1. The van der Waals surface area contributed by atoms with Crippen LogP contribution in [0.5, 0.6) is 5.75 Å². The maximum atomic E-state index is 12.7. The zero-order valence-electron chi connectivity index (χ0n) is 17.3. The van der Waals surface area contributed by atoms with E-state index >= 15 is 0 Å². The van der Waals surface area contributed by atoms with Crippen molar-refractivity contribution in [2.45, 2.75) is 18.8 Å². The number of amides is 2. The van der Waals surface area contributed by atoms with Crippen LogP contribution in [0, 0.1) is 11.3 Å². The lowest BCUT2D eigenvalue weighted by molar-refractivity contribution is -0.131. The van der Waals surface area contributed by atoms with E-state index in [1.807, 2.05) is 4.90 Å². The van der Waals surface area contributed by atoms with E-state index in [0.717, 1.165) is 0 Å². The van der Waals surface area contributed by atoms with E-state index in [4.69, 9.17) is 4.74 Å². The third-order valence-electron chi connectivity index (χ3n) is 5.88. The van der Waals surface area contributed by atoms with Gasteiger partial charge in [0.15, 0.2) is 0 Å². The number of hydrogen-bond acceptors (Lipinski definition) is 8. The standard InChI is InChI=1S/C22H21N7O3/c23-11-14-3-4-15-10-17(14)32-9-1-2-18(30)28-5-7-29(8-6-28)21-19-16(12-24-15)22(31)27-20(19)25-13-26-21/h3-4,10,12-13,16H,1-2,5-9H2,(H,25,26,27,31). The van der Waals surface area contributed by atoms with Gasteiger partial charge in [-0.1, -0.05) is 0 Å². The Bertz CT molecular complexity index is 1150. The summed E-state index contributed by atoms with van der Waals surface area (Å²) in [7, 11) is 0. The molecule has 10 heteroatoms. The lowest BCUT2D eigenvalue weighted by Gasteiger charge is -2.36. The molecule has 0 aliphatic carbocycles. The molecule has 1 fully saturated rings. The Balaban J connectivity index is 1.55. The third-order valence-corrected chi connectivity index (χ3v) is 5.88. The Morgan fingerprint density at radius 3 is 2.75 bits per heavy atom. The van der Waals surface area contributed by atoms with Crippen LogP contribution in [0.1, 0.15) is 29.9 Å². The zero-order valence-corrected chi connectivity index (χ0v) is 17.3. The number of nitriles is 1. The maximum Gasteiger partial charge on any atom is 0.238 e. The Morgan fingerprint density at radius 2 is 1.94 bits per heavy atom. The fraction of sp³-hybridized carbons (Fsp3) is 0.364. The van der Waals surface area contributed by atoms with Crippen LogP contribution in [0.15, 0.2) is 29.5 Å². The van der Waals surface area contributed by atoms with Crippen LogP contribution in [0.4, 0.5) is 17.3 Å². The number of ether oxygens (including phenoxy) is 1. The largest absolute Gasteiger partial charge is 0.492 e. The molecule has 162 valence electrons. The molecule has 32 heavy (non-hydrogen) atoms. The lowest BCUT2D eigenvalue weighted by Crippen LogP contribution is -2.49. The molecule has 2 aromatic rings. The first-order valence-electron chi connectivity index (χ1n) is 10.5. The maximum absolute atomic E-state index is 12.7. The van der Waals surface area contributed by atoms with Gasteiger partial charge in [-0.2, -0.15) is 5.26 Å². The average molecular weight is 431 g/mol. The minimum Gasteiger partial charge on any atom is -0.492 e. The minimum atomic E-state index is -0.642. The quantitative estimate of drug-likeness (QED) is 0.672. The fourth-order valence-electron chi connectivity index (χ4n) is 4.19. The van der Waals surface area contributed by atoms with E-state index in [1.54, 1.807) is 24.4 Å². The van der Waals surface area contributed by atoms with Crippen molar-refractivity contribution in [3.05, 3.63) is 35.7 Å². The molecule has 1 saturated heterocycles. The zero-order chi connectivity index (χ0) is 22.1. The molecule has 4 aliphatic rings. The van der Waals surface area contributed by atoms with Crippen molar-refractivity contribution in [3.8, 4) is 11.8 Å². The number of carbonyl (C=O) groups is 2. The Hall–Kier alpha value is -4.00. The van der Waals surface area contributed by atoms with Crippen molar-refractivity contribution < 1.29 is 14.3 Å². The fourth-order valence-corrected chi connectivity index (χ4v) is 4.19. The van der Waals surface area contributed by atoms with Crippen LogP contribution >= 0.6 is 0 Å². The van der Waals surface area contributed by atoms with Gasteiger partial charge in [0, 0.05) is 44.9 Å². The molecular formula is C22H21N7O3. The molecule has 6 rings (SSSR count). The molecule has 1 unspecified atom stereocenters. The molecule has 0 spiro atoms. The number of nitrogens with one attached hydrogen (secondary N) is 1. The van der Waals surface area contributed by atoms with Gasteiger partial charge in [-0.3, -0.25) is 14.6 Å². The summed E-state index contributed by atoms with van der Waals surface area (Å²) >= 11 is 0. The van der Waals surface area contributed by atoms with Crippen LogP contribution < -0.4 is 15.0 Å². The van der Waals surface area contributed by atoms with Crippen LogP contribution in [-0.2, 0) is 9.59 Å². The first-order valence-corrected chi connectivity index (χ1v) is 10.5. The van der Waals surface area contributed by atoms with Gasteiger partial charge in [-0.15, -0.1) is 0 Å². The Morgan fingerprint density at radius 1 is 1.12 bits per heavy atom. The van der Waals surface area contributed by atoms with Gasteiger partial charge in [0.05, 0.1) is 23.4 Å². The van der Waals surface area contributed by atoms with Crippen molar-refractivity contribution in [2.75, 3.05) is 43.0 Å². The highest BCUT2D eigenvalue weighted by atomic mass is 16.5. The molecule has 1 atom stereocenters. The molecule has 10 nitrogen and oxygen atoms in total. The van der Waals surface area contributed by atoms with Crippen molar-refractivity contribution in [3.63, 3.8) is 0 Å². The summed E-state index contributed by atoms with van der Waals surface area (Å²) in [6.07, 6.45) is 3.96. The van der Waals surface area contributed by atoms with Gasteiger partial charge < -0.3 is 19.9 Å². The van der Waals surface area contributed by atoms with Crippen molar-refractivity contribution in [1.29, 1.82) is 5.26 Å². The van der Waals surface area contributed by atoms with Gasteiger partial charge in [-0.05, 0) is 18.6 Å². The SMILES string of the molecule is N#Cc1ccc2cc1OCCCC(=O)N1CCN(CC1)c1ncnc3c1C(C=N2)C(=O)N3. The lowest BCUT2D eigenvalue weighted by atomic mass is 10.0. The summed E-state index contributed by atoms with van der Waals surface area (Å²) < 4.78 is 5.79. The topological polar surface area (TPSA) is 124 Å². The first kappa shape index (κ1) is 19.9. The molecule has 1 aromatic carbocycles. The average Bonchev–Trinajstić information content (AvgIpc) is 3.15. The summed E-state index contributed by atoms with van der Waals surface area (Å²) in [5, 5.41) is 12.2. The van der Waals surface area contributed by atoms with Crippen molar-refractivity contribution in [1.82, 2.24) is 14.9 Å². The Kier molecular flexibility index (Phi) is 5.15. The predicted molar refractivity (Wildman–Crippen MR) is 116 cm³/mol. The summed E-state index contributed by atoms with van der Waals surface area (Å²) in [5.74, 6) is 0.796. The van der Waals surface area contributed by atoms with Gasteiger partial charge in [0.2, 0.25) is 11.8 Å². The second-order valence-electron chi connectivity index (χ2n) is 7.82. The number of benzene rings is 1. The number of piperazine rings is 1. The molecule has 1 aromatic heterocycles. The number of aromatic nitrogens is 2. The smallest absolute Gasteiger partial charge is 0.238 e. The van der Waals surface area contributed by atoms with Gasteiger partial charge in [0.1, 0.15) is 35.7 Å². The van der Waals surface area contributed by atoms with E-state index in [2.05, 4.69) is 31.2 Å². The Labute approximate surface area is 184 Å². The van der Waals surface area contributed by atoms with E-state index in [-0.39, 0.29) is 11.8 Å². The van der Waals surface area contributed by atoms with Gasteiger partial charge in [0.25, 0.3) is 0 Å². The number of fused-ring (bicyclic) bond motifs is 6. The number of anilines is 2. The summed E-state index contributed by atoms with van der Waals surface area (Å²) in [5.41, 5.74) is 1.64. The van der Waals surface area contributed by atoms with Crippen LogP contribution in [0.2, 0.25) is 0 Å².